The summed E-state index contributed by atoms with van der Waals surface area (Å²) in [5, 5.41) is 7.68. The van der Waals surface area contributed by atoms with Crippen LogP contribution in [0.3, 0.4) is 0 Å². The monoisotopic (exact) mass is 384 g/mol. The molecule has 0 amide bonds. The Balaban J connectivity index is 1.95. The van der Waals surface area contributed by atoms with Crippen LogP contribution in [0.5, 0.6) is 17.2 Å². The minimum atomic E-state index is -0.452. The molecule has 2 heterocycles. The maximum atomic E-state index is 13.2. The van der Waals surface area contributed by atoms with Crippen molar-refractivity contribution < 1.29 is 19.0 Å². The van der Waals surface area contributed by atoms with Gasteiger partial charge >= 0.3 is 0 Å². The van der Waals surface area contributed by atoms with Crippen LogP contribution in [0, 0.1) is 5.41 Å². The van der Waals surface area contributed by atoms with Crippen LogP contribution in [-0.4, -0.2) is 41.9 Å². The summed E-state index contributed by atoms with van der Waals surface area (Å²) < 4.78 is 18.2. The summed E-state index contributed by atoms with van der Waals surface area (Å²) >= 11 is 0. The van der Waals surface area contributed by atoms with Gasteiger partial charge in [-0.2, -0.15) is 10.1 Å². The van der Waals surface area contributed by atoms with E-state index in [1.807, 2.05) is 6.07 Å². The van der Waals surface area contributed by atoms with Crippen LogP contribution in [0.4, 0.5) is 5.95 Å². The van der Waals surface area contributed by atoms with Crippen LogP contribution in [0.1, 0.15) is 38.3 Å². The zero-order chi connectivity index (χ0) is 20.1. The molecule has 0 spiro atoms. The minimum Gasteiger partial charge on any atom is -0.496 e. The van der Waals surface area contributed by atoms with Gasteiger partial charge in [0.25, 0.3) is 0 Å². The molecule has 1 aromatic heterocycles. The summed E-state index contributed by atoms with van der Waals surface area (Å²) in [6, 6.07) is 3.16. The molecule has 2 aliphatic rings. The van der Waals surface area contributed by atoms with Crippen molar-refractivity contribution >= 4 is 11.7 Å². The molecule has 28 heavy (non-hydrogen) atoms. The third-order valence-electron chi connectivity index (χ3n) is 5.30. The van der Waals surface area contributed by atoms with Gasteiger partial charge in [0.15, 0.2) is 17.3 Å². The fourth-order valence-corrected chi connectivity index (χ4v) is 4.10. The predicted molar refractivity (Wildman–Crippen MR) is 103 cm³/mol. The third kappa shape index (κ3) is 2.80. The number of hydrogen-bond acceptors (Lipinski definition) is 7. The summed E-state index contributed by atoms with van der Waals surface area (Å²) in [5.74, 6) is 2.41. The van der Waals surface area contributed by atoms with Crippen molar-refractivity contribution in [2.45, 2.75) is 32.7 Å². The van der Waals surface area contributed by atoms with E-state index in [2.05, 4.69) is 29.2 Å². The lowest BCUT2D eigenvalue weighted by atomic mass is 9.73. The molecule has 8 heteroatoms. The highest BCUT2D eigenvalue weighted by Gasteiger charge is 2.42. The van der Waals surface area contributed by atoms with E-state index in [9.17, 15) is 4.79 Å². The largest absolute Gasteiger partial charge is 0.496 e. The SMILES string of the molecule is COc1cc(OC)c([C@@H]2C3=C(CC(C)(C)CC3=O)Nc3ncnn32)cc1OC. The van der Waals surface area contributed by atoms with Crippen molar-refractivity contribution in [1.29, 1.82) is 0 Å². The molecule has 1 N–H and O–H groups in total. The van der Waals surface area contributed by atoms with Gasteiger partial charge in [-0.15, -0.1) is 0 Å². The highest BCUT2D eigenvalue weighted by atomic mass is 16.5. The van der Waals surface area contributed by atoms with Crippen molar-refractivity contribution in [3.05, 3.63) is 35.3 Å². The number of hydrogen-bond donors (Lipinski definition) is 1. The van der Waals surface area contributed by atoms with Crippen molar-refractivity contribution in [2.24, 2.45) is 5.41 Å². The zero-order valence-corrected chi connectivity index (χ0v) is 16.7. The minimum absolute atomic E-state index is 0.0988. The van der Waals surface area contributed by atoms with E-state index in [1.54, 1.807) is 32.1 Å². The smallest absolute Gasteiger partial charge is 0.226 e. The molecule has 0 saturated heterocycles. The van der Waals surface area contributed by atoms with Crippen LogP contribution in [0.25, 0.3) is 0 Å². The van der Waals surface area contributed by atoms with Gasteiger partial charge < -0.3 is 19.5 Å². The lowest BCUT2D eigenvalue weighted by molar-refractivity contribution is -0.118. The topological polar surface area (TPSA) is 87.5 Å². The number of aromatic nitrogens is 3. The Bertz CT molecular complexity index is 977. The Morgan fingerprint density at radius 1 is 1.07 bits per heavy atom. The van der Waals surface area contributed by atoms with Crippen LogP contribution in [0.15, 0.2) is 29.7 Å². The normalized spacial score (nSPS) is 20.2. The molecular formula is C20H24N4O4. The van der Waals surface area contributed by atoms with Crippen molar-refractivity contribution in [3.8, 4) is 17.2 Å². The fourth-order valence-electron chi connectivity index (χ4n) is 4.10. The average Bonchev–Trinajstić information content (AvgIpc) is 3.12. The van der Waals surface area contributed by atoms with Gasteiger partial charge in [0.2, 0.25) is 5.95 Å². The van der Waals surface area contributed by atoms with E-state index in [-0.39, 0.29) is 11.2 Å². The molecule has 1 aliphatic heterocycles. The molecule has 0 bridgehead atoms. The number of Topliss-reactive ketones (excluding diaryl/α,β-unsaturated/α-hetero) is 1. The van der Waals surface area contributed by atoms with E-state index in [4.69, 9.17) is 14.2 Å². The first-order valence-electron chi connectivity index (χ1n) is 9.11. The van der Waals surface area contributed by atoms with Crippen molar-refractivity contribution in [3.63, 3.8) is 0 Å². The number of nitrogens with one attached hydrogen (secondary N) is 1. The fraction of sp³-hybridized carbons (Fsp3) is 0.450. The molecule has 1 aliphatic carbocycles. The number of carbonyl (C=O) groups is 1. The number of rotatable bonds is 4. The summed E-state index contributed by atoms with van der Waals surface area (Å²) in [6.45, 7) is 4.20. The molecule has 148 valence electrons. The number of methoxy groups -OCH3 is 3. The highest BCUT2D eigenvalue weighted by molar-refractivity contribution is 6.00. The molecule has 4 rings (SSSR count). The Kier molecular flexibility index (Phi) is 4.28. The molecule has 1 aromatic carbocycles. The Hall–Kier alpha value is -3.03. The summed E-state index contributed by atoms with van der Waals surface area (Å²) in [7, 11) is 4.75. The van der Waals surface area contributed by atoms with Gasteiger partial charge in [0.1, 0.15) is 18.1 Å². The second kappa shape index (κ2) is 6.54. The molecular weight excluding hydrogens is 360 g/mol. The Morgan fingerprint density at radius 2 is 1.75 bits per heavy atom. The van der Waals surface area contributed by atoms with E-state index < -0.39 is 6.04 Å². The quantitative estimate of drug-likeness (QED) is 0.867. The van der Waals surface area contributed by atoms with E-state index >= 15 is 0 Å². The zero-order valence-electron chi connectivity index (χ0n) is 16.7. The van der Waals surface area contributed by atoms with Gasteiger partial charge in [0, 0.05) is 29.3 Å². The summed E-state index contributed by atoms with van der Waals surface area (Å²) in [5.41, 5.74) is 2.25. The highest BCUT2D eigenvalue weighted by Crippen LogP contribution is 2.48. The first-order valence-corrected chi connectivity index (χ1v) is 9.11. The maximum absolute atomic E-state index is 13.2. The predicted octanol–water partition coefficient (Wildman–Crippen LogP) is 2.96. The number of anilines is 1. The number of ketones is 1. The average molecular weight is 384 g/mol. The van der Waals surface area contributed by atoms with Crippen molar-refractivity contribution in [2.75, 3.05) is 26.6 Å². The molecule has 0 unspecified atom stereocenters. The number of allylic oxidation sites excluding steroid dienone is 2. The van der Waals surface area contributed by atoms with Gasteiger partial charge in [-0.1, -0.05) is 13.8 Å². The molecule has 1 atom stereocenters. The second-order valence-electron chi connectivity index (χ2n) is 7.84. The lowest BCUT2D eigenvalue weighted by Crippen LogP contribution is -2.36. The first-order chi connectivity index (χ1) is 13.4. The second-order valence-corrected chi connectivity index (χ2v) is 7.84. The van der Waals surface area contributed by atoms with Crippen LogP contribution >= 0.6 is 0 Å². The molecule has 8 nitrogen and oxygen atoms in total. The number of nitrogens with zero attached hydrogens (tertiary/aromatic N) is 3. The number of ether oxygens (including phenoxy) is 3. The van der Waals surface area contributed by atoms with Crippen LogP contribution < -0.4 is 19.5 Å². The lowest BCUT2D eigenvalue weighted by Gasteiger charge is -2.38. The first kappa shape index (κ1) is 18.3. The van der Waals surface area contributed by atoms with Gasteiger partial charge in [-0.05, 0) is 17.9 Å². The van der Waals surface area contributed by atoms with E-state index in [1.165, 1.54) is 6.33 Å². The third-order valence-corrected chi connectivity index (χ3v) is 5.30. The Labute approximate surface area is 163 Å². The standard InChI is InChI=1S/C20H24N4O4/c1-20(2)8-12-17(13(25)9-20)18(24-19(23-12)21-10-22-24)11-6-15(27-4)16(28-5)7-14(11)26-3/h6-7,10,18H,8-9H2,1-5H3,(H,21,22,23)/t18-/m1/s1. The summed E-state index contributed by atoms with van der Waals surface area (Å²) in [4.78, 5) is 17.5. The van der Waals surface area contributed by atoms with E-state index in [0.717, 1.165) is 17.7 Å². The van der Waals surface area contributed by atoms with Gasteiger partial charge in [-0.3, -0.25) is 4.79 Å². The van der Waals surface area contributed by atoms with Crippen LogP contribution in [-0.2, 0) is 4.79 Å². The van der Waals surface area contributed by atoms with E-state index in [0.29, 0.717) is 35.2 Å². The van der Waals surface area contributed by atoms with Gasteiger partial charge in [0.05, 0.1) is 21.3 Å². The molecule has 0 fully saturated rings. The van der Waals surface area contributed by atoms with Crippen LogP contribution in [0.2, 0.25) is 0 Å². The number of benzene rings is 1. The Morgan fingerprint density at radius 3 is 2.43 bits per heavy atom. The number of fused-ring (bicyclic) bond motifs is 1. The number of carbonyl (C=O) groups excluding carboxylic acids is 1. The maximum Gasteiger partial charge on any atom is 0.226 e. The van der Waals surface area contributed by atoms with Gasteiger partial charge in [-0.25, -0.2) is 4.68 Å². The van der Waals surface area contributed by atoms with Crippen molar-refractivity contribution in [1.82, 2.24) is 14.8 Å². The molecule has 0 radical (unpaired) electrons. The molecule has 0 saturated carbocycles. The summed E-state index contributed by atoms with van der Waals surface area (Å²) in [6.07, 6.45) is 2.72. The molecule has 2 aromatic rings.